The van der Waals surface area contributed by atoms with Crippen LogP contribution in [-0.2, 0) is 9.47 Å². The van der Waals surface area contributed by atoms with Gasteiger partial charge < -0.3 is 24.4 Å². The molecule has 1 fully saturated rings. The summed E-state index contributed by atoms with van der Waals surface area (Å²) in [5.41, 5.74) is 1.14. The number of carbonyl (C=O) groups excluding carboxylic acids is 2. The van der Waals surface area contributed by atoms with Crippen molar-refractivity contribution in [2.45, 2.75) is 6.92 Å². The van der Waals surface area contributed by atoms with E-state index in [1.54, 1.807) is 19.1 Å². The number of rotatable bonds is 7. The van der Waals surface area contributed by atoms with Gasteiger partial charge in [0.15, 0.2) is 5.75 Å². The molecule has 1 saturated heterocycles. The molecule has 164 valence electrons. The van der Waals surface area contributed by atoms with Gasteiger partial charge in [0.25, 0.3) is 5.91 Å². The van der Waals surface area contributed by atoms with Crippen molar-refractivity contribution >= 4 is 28.9 Å². The average molecular weight is 429 g/mol. The van der Waals surface area contributed by atoms with Crippen molar-refractivity contribution in [1.29, 1.82) is 0 Å². The molecule has 0 saturated carbocycles. The Balaban J connectivity index is 1.86. The predicted octanol–water partition coefficient (Wildman–Crippen LogP) is 2.87. The number of nitrogens with zero attached hydrogens (tertiary/aromatic N) is 2. The van der Waals surface area contributed by atoms with Crippen molar-refractivity contribution in [1.82, 2.24) is 0 Å². The van der Waals surface area contributed by atoms with E-state index in [2.05, 4.69) is 5.32 Å². The molecule has 0 radical (unpaired) electrons. The van der Waals surface area contributed by atoms with Crippen molar-refractivity contribution in [2.24, 2.45) is 0 Å². The van der Waals surface area contributed by atoms with E-state index in [1.165, 1.54) is 25.3 Å². The number of ether oxygens (including phenoxy) is 3. The van der Waals surface area contributed by atoms with Crippen molar-refractivity contribution in [3.8, 4) is 5.75 Å². The standard InChI is InChI=1S/C21H23N3O7/c1-3-31-19-7-4-14(12-18(19)24(27)28)20(25)22-15-5-6-17(16(13-15)21(26)29-2)23-8-10-30-11-9-23/h4-7,12-13H,3,8-11H2,1-2H3,(H,22,25). The quantitative estimate of drug-likeness (QED) is 0.405. The number of methoxy groups -OCH3 is 1. The molecule has 0 atom stereocenters. The molecule has 10 heteroatoms. The van der Waals surface area contributed by atoms with Crippen LogP contribution >= 0.6 is 0 Å². The van der Waals surface area contributed by atoms with Gasteiger partial charge in [-0.2, -0.15) is 0 Å². The number of anilines is 2. The van der Waals surface area contributed by atoms with Crippen molar-refractivity contribution in [2.75, 3.05) is 50.2 Å². The summed E-state index contributed by atoms with van der Waals surface area (Å²) in [7, 11) is 1.29. The second-order valence-corrected chi connectivity index (χ2v) is 6.65. The van der Waals surface area contributed by atoms with Crippen molar-refractivity contribution in [3.05, 3.63) is 57.6 Å². The molecule has 1 aliphatic heterocycles. The van der Waals surface area contributed by atoms with Gasteiger partial charge in [0, 0.05) is 30.4 Å². The molecule has 0 spiro atoms. The van der Waals surface area contributed by atoms with Gasteiger partial charge in [-0.1, -0.05) is 0 Å². The lowest BCUT2D eigenvalue weighted by Crippen LogP contribution is -2.37. The number of hydrogen-bond acceptors (Lipinski definition) is 8. The third-order valence-corrected chi connectivity index (χ3v) is 4.73. The number of benzene rings is 2. The van der Waals surface area contributed by atoms with E-state index < -0.39 is 16.8 Å². The SMILES string of the molecule is CCOc1ccc(C(=O)Nc2ccc(N3CCOCC3)c(C(=O)OC)c2)cc1[N+](=O)[O-]. The molecule has 10 nitrogen and oxygen atoms in total. The number of morpholine rings is 1. The summed E-state index contributed by atoms with van der Waals surface area (Å²) >= 11 is 0. The number of nitrogens with one attached hydrogen (secondary N) is 1. The molecule has 2 aromatic carbocycles. The fourth-order valence-corrected chi connectivity index (χ4v) is 3.25. The molecule has 1 heterocycles. The second-order valence-electron chi connectivity index (χ2n) is 6.65. The average Bonchev–Trinajstić information content (AvgIpc) is 2.79. The molecule has 3 rings (SSSR count). The fraction of sp³-hybridized carbons (Fsp3) is 0.333. The molecule has 1 aliphatic rings. The summed E-state index contributed by atoms with van der Waals surface area (Å²) in [6.45, 7) is 4.34. The highest BCUT2D eigenvalue weighted by molar-refractivity contribution is 6.06. The zero-order chi connectivity index (χ0) is 22.4. The summed E-state index contributed by atoms with van der Waals surface area (Å²) < 4.78 is 15.5. The first-order chi connectivity index (χ1) is 14.9. The minimum absolute atomic E-state index is 0.0897. The summed E-state index contributed by atoms with van der Waals surface area (Å²) in [5.74, 6) is -0.998. The normalized spacial score (nSPS) is 13.4. The smallest absolute Gasteiger partial charge is 0.340 e. The number of hydrogen-bond donors (Lipinski definition) is 1. The lowest BCUT2D eigenvalue weighted by Gasteiger charge is -2.30. The number of amides is 1. The van der Waals surface area contributed by atoms with Crippen LogP contribution in [0, 0.1) is 10.1 Å². The first-order valence-electron chi connectivity index (χ1n) is 9.72. The molecule has 31 heavy (non-hydrogen) atoms. The van der Waals surface area contributed by atoms with Gasteiger partial charge in [0.2, 0.25) is 0 Å². The maximum atomic E-state index is 12.7. The Labute approximate surface area is 178 Å². The van der Waals surface area contributed by atoms with Gasteiger partial charge in [0.1, 0.15) is 0 Å². The highest BCUT2D eigenvalue weighted by atomic mass is 16.6. The topological polar surface area (TPSA) is 120 Å². The zero-order valence-corrected chi connectivity index (χ0v) is 17.3. The first kappa shape index (κ1) is 22.0. The largest absolute Gasteiger partial charge is 0.487 e. The van der Waals surface area contributed by atoms with E-state index >= 15 is 0 Å². The monoisotopic (exact) mass is 429 g/mol. The van der Waals surface area contributed by atoms with Crippen LogP contribution in [0.3, 0.4) is 0 Å². The summed E-state index contributed by atoms with van der Waals surface area (Å²) in [5, 5.41) is 14.0. The van der Waals surface area contributed by atoms with Crippen molar-refractivity contribution in [3.63, 3.8) is 0 Å². The van der Waals surface area contributed by atoms with Crippen LogP contribution in [0.2, 0.25) is 0 Å². The summed E-state index contributed by atoms with van der Waals surface area (Å²) in [6, 6.07) is 8.90. The van der Waals surface area contributed by atoms with E-state index in [9.17, 15) is 19.7 Å². The van der Waals surface area contributed by atoms with Gasteiger partial charge in [0.05, 0.1) is 43.1 Å². The van der Waals surface area contributed by atoms with Crippen LogP contribution in [-0.4, -0.2) is 56.8 Å². The Kier molecular flexibility index (Phi) is 7.03. The Bertz CT molecular complexity index is 987. The Morgan fingerprint density at radius 1 is 1.19 bits per heavy atom. The highest BCUT2D eigenvalue weighted by Gasteiger charge is 2.22. The summed E-state index contributed by atoms with van der Waals surface area (Å²) in [6.07, 6.45) is 0. The molecule has 0 aliphatic carbocycles. The molecule has 0 unspecified atom stereocenters. The second kappa shape index (κ2) is 9.90. The molecule has 0 aromatic heterocycles. The molecule has 0 bridgehead atoms. The van der Waals surface area contributed by atoms with Crippen LogP contribution < -0.4 is 15.0 Å². The molecular formula is C21H23N3O7. The third-order valence-electron chi connectivity index (χ3n) is 4.73. The number of nitro benzene ring substituents is 1. The minimum atomic E-state index is -0.603. The van der Waals surface area contributed by atoms with Gasteiger partial charge in [-0.15, -0.1) is 0 Å². The van der Waals surface area contributed by atoms with Gasteiger partial charge in [-0.25, -0.2) is 4.79 Å². The van der Waals surface area contributed by atoms with E-state index in [0.29, 0.717) is 43.2 Å². The fourth-order valence-electron chi connectivity index (χ4n) is 3.25. The maximum absolute atomic E-state index is 12.7. The maximum Gasteiger partial charge on any atom is 0.340 e. The third kappa shape index (κ3) is 5.10. The lowest BCUT2D eigenvalue weighted by molar-refractivity contribution is -0.385. The number of nitro groups is 1. The Morgan fingerprint density at radius 2 is 1.94 bits per heavy atom. The minimum Gasteiger partial charge on any atom is -0.487 e. The first-order valence-corrected chi connectivity index (χ1v) is 9.72. The Morgan fingerprint density at radius 3 is 2.58 bits per heavy atom. The lowest BCUT2D eigenvalue weighted by atomic mass is 10.1. The van der Waals surface area contributed by atoms with Crippen LogP contribution in [0.1, 0.15) is 27.6 Å². The van der Waals surface area contributed by atoms with Crippen LogP contribution in [0.15, 0.2) is 36.4 Å². The predicted molar refractivity (Wildman–Crippen MR) is 113 cm³/mol. The number of esters is 1. The van der Waals surface area contributed by atoms with E-state index in [0.717, 1.165) is 6.07 Å². The molecule has 1 N–H and O–H groups in total. The van der Waals surface area contributed by atoms with Crippen LogP contribution in [0.25, 0.3) is 0 Å². The molecular weight excluding hydrogens is 406 g/mol. The molecule has 2 aromatic rings. The van der Waals surface area contributed by atoms with E-state index in [4.69, 9.17) is 14.2 Å². The van der Waals surface area contributed by atoms with Gasteiger partial charge in [-0.05, 0) is 37.3 Å². The molecule has 1 amide bonds. The van der Waals surface area contributed by atoms with Crippen LogP contribution in [0.4, 0.5) is 17.1 Å². The van der Waals surface area contributed by atoms with Crippen molar-refractivity contribution < 1.29 is 28.7 Å². The highest BCUT2D eigenvalue weighted by Crippen LogP contribution is 2.29. The zero-order valence-electron chi connectivity index (χ0n) is 17.3. The van der Waals surface area contributed by atoms with E-state index in [-0.39, 0.29) is 23.6 Å². The number of carbonyl (C=O) groups is 2. The van der Waals surface area contributed by atoms with Gasteiger partial charge >= 0.3 is 11.7 Å². The van der Waals surface area contributed by atoms with E-state index in [1.807, 2.05) is 4.90 Å². The summed E-state index contributed by atoms with van der Waals surface area (Å²) in [4.78, 5) is 37.7. The van der Waals surface area contributed by atoms with Crippen LogP contribution in [0.5, 0.6) is 5.75 Å². The van der Waals surface area contributed by atoms with Gasteiger partial charge in [-0.3, -0.25) is 14.9 Å². The Hall–Kier alpha value is -3.66.